The van der Waals surface area contributed by atoms with Gasteiger partial charge >= 0.3 is 16.4 Å². The van der Waals surface area contributed by atoms with E-state index in [9.17, 15) is 28.5 Å². The molecule has 60 heavy (non-hydrogen) atoms. The van der Waals surface area contributed by atoms with Gasteiger partial charge < -0.3 is 34.3 Å². The molecule has 1 aliphatic rings. The second-order valence-electron chi connectivity index (χ2n) is 15.6. The first-order valence-corrected chi connectivity index (χ1v) is 24.4. The molecule has 1 heterocycles. The van der Waals surface area contributed by atoms with Crippen molar-refractivity contribution in [3.8, 4) is 0 Å². The summed E-state index contributed by atoms with van der Waals surface area (Å²) in [6, 6.07) is 0. The lowest BCUT2D eigenvalue weighted by molar-refractivity contribution is -0.301. The molecule has 6 atom stereocenters. The molecule has 6 unspecified atom stereocenters. The summed E-state index contributed by atoms with van der Waals surface area (Å²) in [7, 11) is -5.07. The maximum Gasteiger partial charge on any atom is 0.397 e. The summed E-state index contributed by atoms with van der Waals surface area (Å²) in [5.74, 6) is -0.420. The van der Waals surface area contributed by atoms with Gasteiger partial charge in [0.2, 0.25) is 0 Å². The van der Waals surface area contributed by atoms with Crippen molar-refractivity contribution >= 4 is 16.4 Å². The highest BCUT2D eigenvalue weighted by atomic mass is 32.3. The minimum atomic E-state index is -5.07. The molecule has 1 aliphatic heterocycles. The van der Waals surface area contributed by atoms with Gasteiger partial charge in [0.15, 0.2) is 6.29 Å². The fraction of sp³-hybridized carbons (Fsp3) is 0.766. The molecule has 1 fully saturated rings. The van der Waals surface area contributed by atoms with Gasteiger partial charge in [-0.3, -0.25) is 9.35 Å². The van der Waals surface area contributed by atoms with Gasteiger partial charge in [0, 0.05) is 13.0 Å². The summed E-state index contributed by atoms with van der Waals surface area (Å²) in [5.41, 5.74) is 0. The normalized spacial score (nSPS) is 20.8. The van der Waals surface area contributed by atoms with Crippen LogP contribution in [0, 0.1) is 0 Å². The van der Waals surface area contributed by atoms with E-state index in [1.54, 1.807) is 0 Å². The summed E-state index contributed by atoms with van der Waals surface area (Å²) < 4.78 is 59.0. The highest BCUT2D eigenvalue weighted by molar-refractivity contribution is 7.80. The van der Waals surface area contributed by atoms with Crippen molar-refractivity contribution in [2.24, 2.45) is 0 Å². The molecule has 0 radical (unpaired) electrons. The van der Waals surface area contributed by atoms with E-state index in [0.717, 1.165) is 89.9 Å². The Morgan fingerprint density at radius 3 is 1.67 bits per heavy atom. The van der Waals surface area contributed by atoms with E-state index >= 15 is 0 Å². The molecule has 1 saturated heterocycles. The predicted octanol–water partition coefficient (Wildman–Crippen LogP) is 9.74. The van der Waals surface area contributed by atoms with E-state index in [-0.39, 0.29) is 19.6 Å². The van der Waals surface area contributed by atoms with Gasteiger partial charge in [-0.15, -0.1) is 0 Å². The fourth-order valence-corrected chi connectivity index (χ4v) is 7.11. The zero-order chi connectivity index (χ0) is 43.9. The Labute approximate surface area is 363 Å². The van der Waals surface area contributed by atoms with Gasteiger partial charge in [-0.25, -0.2) is 4.18 Å². The third-order valence-electron chi connectivity index (χ3n) is 10.1. The second-order valence-corrected chi connectivity index (χ2v) is 16.7. The van der Waals surface area contributed by atoms with Crippen molar-refractivity contribution in [2.75, 3.05) is 26.4 Å². The first-order valence-electron chi connectivity index (χ1n) is 23.0. The molecule has 4 N–H and O–H groups in total. The lowest BCUT2D eigenvalue weighted by Crippen LogP contribution is -2.60. The second kappa shape index (κ2) is 38.5. The Hall–Kier alpha value is -2.20. The summed E-state index contributed by atoms with van der Waals surface area (Å²) >= 11 is 0. The number of allylic oxidation sites excluding steroid dienone is 10. The highest BCUT2D eigenvalue weighted by Crippen LogP contribution is 2.26. The SMILES string of the molecule is CCC/C=C\C/C=C\CCCCCCCC(=O)OC(COCCCCCCCCC/C=C\C/C=C\C/C=C\CCCCC)COC1OC(CO)C(O)C(OS(=O)(=O)O)C1O. The van der Waals surface area contributed by atoms with E-state index in [1.807, 2.05) is 0 Å². The molecule has 12 nitrogen and oxygen atoms in total. The zero-order valence-corrected chi connectivity index (χ0v) is 37.8. The summed E-state index contributed by atoms with van der Waals surface area (Å²) in [4.78, 5) is 12.8. The molecule has 0 bridgehead atoms. The molecule has 0 aromatic rings. The largest absolute Gasteiger partial charge is 0.457 e. The van der Waals surface area contributed by atoms with Gasteiger partial charge in [0.1, 0.15) is 30.5 Å². The molecule has 13 heteroatoms. The van der Waals surface area contributed by atoms with Crippen LogP contribution in [0.15, 0.2) is 60.8 Å². The number of ether oxygens (including phenoxy) is 4. The summed E-state index contributed by atoms with van der Waals surface area (Å²) in [5, 5.41) is 30.7. The van der Waals surface area contributed by atoms with Gasteiger partial charge in [0.05, 0.1) is 19.8 Å². The van der Waals surface area contributed by atoms with E-state index in [2.05, 4.69) is 78.8 Å². The van der Waals surface area contributed by atoms with Crippen molar-refractivity contribution in [3.63, 3.8) is 0 Å². The standard InChI is InChI=1S/C47H82O12S/c1-3-5-7-9-11-13-15-17-18-19-20-21-22-23-25-27-29-31-33-35-37-55-39-41(40-56-47-45(51)46(59-60(52,53)54)44(50)42(38-48)58-47)57-43(49)36-34-32-30-28-26-24-16-14-12-10-8-6-4-2/h8,10-11,13-14,16-18,20-21,41-42,44-48,50-51H,3-7,9,12,15,19,22-40H2,1-2H3,(H,52,53,54)/b10-8-,13-11-,16-14-,18-17-,21-20-. The molecule has 0 aromatic carbocycles. The highest BCUT2D eigenvalue weighted by Gasteiger charge is 2.48. The van der Waals surface area contributed by atoms with E-state index in [1.165, 1.54) is 51.4 Å². The minimum absolute atomic E-state index is 0.0208. The number of aliphatic hydroxyl groups excluding tert-OH is 3. The average Bonchev–Trinajstić information content (AvgIpc) is 3.22. The van der Waals surface area contributed by atoms with Crippen molar-refractivity contribution < 1.29 is 56.2 Å². The quantitative estimate of drug-likeness (QED) is 0.0199. The predicted molar refractivity (Wildman–Crippen MR) is 239 cm³/mol. The molecule has 1 rings (SSSR count). The van der Waals surface area contributed by atoms with Gasteiger partial charge in [-0.05, 0) is 77.0 Å². The van der Waals surface area contributed by atoms with Gasteiger partial charge in [0.25, 0.3) is 0 Å². The van der Waals surface area contributed by atoms with Crippen LogP contribution in [0.2, 0.25) is 0 Å². The van der Waals surface area contributed by atoms with Crippen LogP contribution in [-0.2, 0) is 38.3 Å². The van der Waals surface area contributed by atoms with Gasteiger partial charge in [-0.2, -0.15) is 8.42 Å². The van der Waals surface area contributed by atoms with Crippen LogP contribution < -0.4 is 0 Å². The van der Waals surface area contributed by atoms with Crippen molar-refractivity contribution in [3.05, 3.63) is 60.8 Å². The monoisotopic (exact) mass is 871 g/mol. The minimum Gasteiger partial charge on any atom is -0.457 e. The van der Waals surface area contributed by atoms with Crippen LogP contribution in [0.3, 0.4) is 0 Å². The van der Waals surface area contributed by atoms with E-state index in [0.29, 0.717) is 13.0 Å². The lowest BCUT2D eigenvalue weighted by atomic mass is 9.99. The number of carbonyl (C=O) groups is 1. The Balaban J connectivity index is 2.42. The Morgan fingerprint density at radius 1 is 0.633 bits per heavy atom. The number of rotatable bonds is 39. The third kappa shape index (κ3) is 31.6. The van der Waals surface area contributed by atoms with Gasteiger partial charge in [-0.1, -0.05) is 145 Å². The van der Waals surface area contributed by atoms with Crippen LogP contribution in [-0.4, -0.2) is 97.5 Å². The van der Waals surface area contributed by atoms with Crippen molar-refractivity contribution in [1.82, 2.24) is 0 Å². The topological polar surface area (TPSA) is 178 Å². The van der Waals surface area contributed by atoms with Crippen LogP contribution in [0.25, 0.3) is 0 Å². The van der Waals surface area contributed by atoms with Crippen LogP contribution >= 0.6 is 0 Å². The first-order chi connectivity index (χ1) is 29.1. The number of hydrogen-bond donors (Lipinski definition) is 4. The molecule has 0 amide bonds. The van der Waals surface area contributed by atoms with Crippen LogP contribution in [0.5, 0.6) is 0 Å². The van der Waals surface area contributed by atoms with E-state index in [4.69, 9.17) is 23.5 Å². The van der Waals surface area contributed by atoms with E-state index < -0.39 is 59.8 Å². The summed E-state index contributed by atoms with van der Waals surface area (Å²) in [6.45, 7) is 3.84. The number of unbranched alkanes of at least 4 members (excludes halogenated alkanes) is 16. The maximum atomic E-state index is 12.8. The lowest BCUT2D eigenvalue weighted by Gasteiger charge is -2.41. The average molecular weight is 871 g/mol. The molecule has 0 aliphatic carbocycles. The zero-order valence-electron chi connectivity index (χ0n) is 37.0. The summed E-state index contributed by atoms with van der Waals surface area (Å²) in [6.07, 6.45) is 38.2. The number of aliphatic hydroxyl groups is 3. The first kappa shape index (κ1) is 55.8. The third-order valence-corrected chi connectivity index (χ3v) is 10.6. The molecule has 348 valence electrons. The molecular weight excluding hydrogens is 789 g/mol. The number of carbonyl (C=O) groups excluding carboxylic acids is 1. The van der Waals surface area contributed by atoms with Crippen LogP contribution in [0.1, 0.15) is 168 Å². The smallest absolute Gasteiger partial charge is 0.397 e. The van der Waals surface area contributed by atoms with Crippen LogP contribution in [0.4, 0.5) is 0 Å². The van der Waals surface area contributed by atoms with Crippen molar-refractivity contribution in [2.45, 2.75) is 205 Å². The molecule has 0 saturated carbocycles. The fourth-order valence-electron chi connectivity index (χ4n) is 6.60. The Kier molecular flexibility index (Phi) is 35.8. The number of hydrogen-bond acceptors (Lipinski definition) is 11. The Morgan fingerprint density at radius 2 is 1.13 bits per heavy atom. The number of esters is 1. The molecule has 0 aromatic heterocycles. The molecule has 0 spiro atoms. The van der Waals surface area contributed by atoms with Crippen molar-refractivity contribution in [1.29, 1.82) is 0 Å². The molecular formula is C47H82O12S. The maximum absolute atomic E-state index is 12.8. The Bertz CT molecular complexity index is 1280.